The van der Waals surface area contributed by atoms with E-state index in [2.05, 4.69) is 39.1 Å². The van der Waals surface area contributed by atoms with E-state index in [1.807, 2.05) is 47.5 Å². The van der Waals surface area contributed by atoms with Crippen molar-refractivity contribution in [1.29, 1.82) is 0 Å². The first-order chi connectivity index (χ1) is 13.8. The summed E-state index contributed by atoms with van der Waals surface area (Å²) in [4.78, 5) is 26.1. The van der Waals surface area contributed by atoms with Gasteiger partial charge in [-0.3, -0.25) is 14.8 Å². The van der Waals surface area contributed by atoms with E-state index < -0.39 is 0 Å². The zero-order valence-corrected chi connectivity index (χ0v) is 15.8. The summed E-state index contributed by atoms with van der Waals surface area (Å²) in [6.45, 7) is 3.13. The summed E-state index contributed by atoms with van der Waals surface area (Å²) in [7, 11) is 0. The lowest BCUT2D eigenvalue weighted by Gasteiger charge is -2.25. The Balaban J connectivity index is 1.57. The molecule has 0 bridgehead atoms. The number of carbonyl (C=O) groups is 1. The number of hydrogen-bond acceptors (Lipinski definition) is 4. The van der Waals surface area contributed by atoms with E-state index >= 15 is 0 Å². The number of para-hydroxylation sites is 1. The number of amides is 1. The van der Waals surface area contributed by atoms with Crippen molar-refractivity contribution in [3.63, 3.8) is 0 Å². The molecule has 1 saturated heterocycles. The average molecular weight is 372 g/mol. The summed E-state index contributed by atoms with van der Waals surface area (Å²) in [5.41, 5.74) is 2.91. The van der Waals surface area contributed by atoms with Crippen LogP contribution in [0.15, 0.2) is 79.3 Å². The third-order valence-electron chi connectivity index (χ3n) is 5.14. The first-order valence-corrected chi connectivity index (χ1v) is 9.69. The molecule has 0 radical (unpaired) electrons. The van der Waals surface area contributed by atoms with Crippen LogP contribution >= 0.6 is 0 Å². The summed E-state index contributed by atoms with van der Waals surface area (Å²) in [5.74, 6) is 0.381. The van der Waals surface area contributed by atoms with Gasteiger partial charge in [-0.15, -0.1) is 0 Å². The molecule has 0 spiro atoms. The number of hydrogen-bond donors (Lipinski definition) is 0. The Morgan fingerprint density at radius 3 is 2.39 bits per heavy atom. The van der Waals surface area contributed by atoms with Crippen LogP contribution in [0.4, 0.5) is 5.69 Å². The highest BCUT2D eigenvalue weighted by molar-refractivity contribution is 5.94. The van der Waals surface area contributed by atoms with Gasteiger partial charge in [0.2, 0.25) is 0 Å². The lowest BCUT2D eigenvalue weighted by Crippen LogP contribution is -2.36. The van der Waals surface area contributed by atoms with Crippen molar-refractivity contribution in [2.24, 2.45) is 5.92 Å². The Morgan fingerprint density at radius 1 is 0.929 bits per heavy atom. The molecule has 28 heavy (non-hydrogen) atoms. The number of aromatic nitrogens is 2. The zero-order chi connectivity index (χ0) is 19.2. The van der Waals surface area contributed by atoms with Gasteiger partial charge < -0.3 is 9.80 Å². The summed E-state index contributed by atoms with van der Waals surface area (Å²) in [6, 6.07) is 20.0. The lowest BCUT2D eigenvalue weighted by molar-refractivity contribution is 0.0747. The van der Waals surface area contributed by atoms with Crippen LogP contribution in [0, 0.1) is 5.92 Å². The first kappa shape index (κ1) is 18.2. The van der Waals surface area contributed by atoms with Crippen LogP contribution in [0.2, 0.25) is 0 Å². The highest BCUT2D eigenvalue weighted by Crippen LogP contribution is 2.21. The van der Waals surface area contributed by atoms with E-state index in [1.54, 1.807) is 12.4 Å². The molecular weight excluding hydrogens is 348 g/mol. The van der Waals surface area contributed by atoms with Crippen LogP contribution in [0.1, 0.15) is 16.1 Å². The summed E-state index contributed by atoms with van der Waals surface area (Å²) in [5, 5.41) is 0. The topological polar surface area (TPSA) is 49.3 Å². The predicted octanol–water partition coefficient (Wildman–Crippen LogP) is 3.30. The molecule has 2 heterocycles. The molecular formula is C23H24N4O. The maximum atomic E-state index is 13.1. The van der Waals surface area contributed by atoms with Gasteiger partial charge in [0.25, 0.3) is 5.91 Å². The number of benzene rings is 2. The molecule has 4 rings (SSSR count). The van der Waals surface area contributed by atoms with Gasteiger partial charge in [0.05, 0.1) is 5.69 Å². The van der Waals surface area contributed by atoms with Gasteiger partial charge in [0, 0.05) is 56.0 Å². The van der Waals surface area contributed by atoms with Gasteiger partial charge in [-0.05, 0) is 36.6 Å². The minimum atomic E-state index is 0.0969. The Morgan fingerprint density at radius 2 is 1.68 bits per heavy atom. The van der Waals surface area contributed by atoms with Crippen LogP contribution in [0.3, 0.4) is 0 Å². The fourth-order valence-electron chi connectivity index (χ4n) is 3.79. The van der Waals surface area contributed by atoms with Gasteiger partial charge in [-0.25, -0.2) is 0 Å². The SMILES string of the molecule is O=C(c1ccccc1)N1CCN(c2ccccc2)CC(Cc2cnccn2)C1. The molecule has 1 atom stereocenters. The molecule has 0 N–H and O–H groups in total. The van der Waals surface area contributed by atoms with Gasteiger partial charge >= 0.3 is 0 Å². The van der Waals surface area contributed by atoms with E-state index in [0.29, 0.717) is 13.1 Å². The van der Waals surface area contributed by atoms with Crippen molar-refractivity contribution in [2.45, 2.75) is 6.42 Å². The molecule has 5 heteroatoms. The molecule has 1 aliphatic heterocycles. The Labute approximate surface area is 165 Å². The van der Waals surface area contributed by atoms with Crippen LogP contribution in [-0.4, -0.2) is 47.0 Å². The second-order valence-corrected chi connectivity index (χ2v) is 7.17. The number of nitrogens with zero attached hydrogens (tertiary/aromatic N) is 4. The molecule has 1 aliphatic rings. The van der Waals surface area contributed by atoms with Crippen LogP contribution < -0.4 is 4.90 Å². The third kappa shape index (κ3) is 4.36. The van der Waals surface area contributed by atoms with Gasteiger partial charge in [0.15, 0.2) is 0 Å². The number of rotatable bonds is 4. The second-order valence-electron chi connectivity index (χ2n) is 7.17. The molecule has 2 aromatic carbocycles. The molecule has 0 saturated carbocycles. The van der Waals surface area contributed by atoms with Crippen molar-refractivity contribution in [3.8, 4) is 0 Å². The molecule has 1 fully saturated rings. The van der Waals surface area contributed by atoms with Gasteiger partial charge in [-0.1, -0.05) is 36.4 Å². The normalized spacial score (nSPS) is 17.2. The van der Waals surface area contributed by atoms with Crippen molar-refractivity contribution < 1.29 is 4.79 Å². The highest BCUT2D eigenvalue weighted by atomic mass is 16.2. The van der Waals surface area contributed by atoms with Crippen molar-refractivity contribution >= 4 is 11.6 Å². The number of carbonyl (C=O) groups excluding carboxylic acids is 1. The van der Waals surface area contributed by atoms with Crippen molar-refractivity contribution in [3.05, 3.63) is 90.5 Å². The maximum absolute atomic E-state index is 13.1. The van der Waals surface area contributed by atoms with Crippen LogP contribution in [0.25, 0.3) is 0 Å². The molecule has 5 nitrogen and oxygen atoms in total. The Hall–Kier alpha value is -3.21. The minimum Gasteiger partial charge on any atom is -0.369 e. The van der Waals surface area contributed by atoms with Crippen molar-refractivity contribution in [2.75, 3.05) is 31.1 Å². The quantitative estimate of drug-likeness (QED) is 0.705. The smallest absolute Gasteiger partial charge is 0.253 e. The molecule has 0 aliphatic carbocycles. The number of anilines is 1. The van der Waals surface area contributed by atoms with Gasteiger partial charge in [-0.2, -0.15) is 0 Å². The first-order valence-electron chi connectivity index (χ1n) is 9.69. The lowest BCUT2D eigenvalue weighted by atomic mass is 10.0. The maximum Gasteiger partial charge on any atom is 0.253 e. The monoisotopic (exact) mass is 372 g/mol. The molecule has 142 valence electrons. The second kappa shape index (κ2) is 8.65. The summed E-state index contributed by atoms with van der Waals surface area (Å²) >= 11 is 0. The fraction of sp³-hybridized carbons (Fsp3) is 0.261. The Bertz CT molecular complexity index is 886. The van der Waals surface area contributed by atoms with E-state index in [4.69, 9.17) is 0 Å². The summed E-state index contributed by atoms with van der Waals surface area (Å²) in [6.07, 6.45) is 6.04. The fourth-order valence-corrected chi connectivity index (χ4v) is 3.79. The predicted molar refractivity (Wildman–Crippen MR) is 110 cm³/mol. The van der Waals surface area contributed by atoms with Crippen LogP contribution in [-0.2, 0) is 6.42 Å². The average Bonchev–Trinajstić information content (AvgIpc) is 2.98. The molecule has 3 aromatic rings. The Kier molecular flexibility index (Phi) is 5.61. The van der Waals surface area contributed by atoms with Gasteiger partial charge in [0.1, 0.15) is 0 Å². The standard InChI is InChI=1S/C23H24N4O/c28-23(20-7-3-1-4-8-20)27-14-13-26(22-9-5-2-6-10-22)17-19(18-27)15-21-16-24-11-12-25-21/h1-12,16,19H,13-15,17-18H2. The highest BCUT2D eigenvalue weighted by Gasteiger charge is 2.27. The summed E-state index contributed by atoms with van der Waals surface area (Å²) < 4.78 is 0. The zero-order valence-electron chi connectivity index (χ0n) is 15.8. The van der Waals surface area contributed by atoms with E-state index in [-0.39, 0.29) is 11.8 Å². The van der Waals surface area contributed by atoms with Crippen molar-refractivity contribution in [1.82, 2.24) is 14.9 Å². The minimum absolute atomic E-state index is 0.0969. The van der Waals surface area contributed by atoms with E-state index in [0.717, 1.165) is 30.8 Å². The van der Waals surface area contributed by atoms with E-state index in [9.17, 15) is 4.79 Å². The molecule has 1 aromatic heterocycles. The van der Waals surface area contributed by atoms with E-state index in [1.165, 1.54) is 5.69 Å². The third-order valence-corrected chi connectivity index (χ3v) is 5.14. The van der Waals surface area contributed by atoms with Crippen LogP contribution in [0.5, 0.6) is 0 Å². The molecule has 1 unspecified atom stereocenters. The molecule has 1 amide bonds. The largest absolute Gasteiger partial charge is 0.369 e.